The van der Waals surface area contributed by atoms with Gasteiger partial charge >= 0.3 is 0 Å². The van der Waals surface area contributed by atoms with Gasteiger partial charge in [0.05, 0.1) is 0 Å². The molecule has 0 amide bonds. The van der Waals surface area contributed by atoms with Crippen LogP contribution in [0.1, 0.15) is 51.9 Å². The van der Waals surface area contributed by atoms with E-state index in [4.69, 9.17) is 11.6 Å². The van der Waals surface area contributed by atoms with Crippen LogP contribution in [0.15, 0.2) is 35.4 Å². The van der Waals surface area contributed by atoms with Gasteiger partial charge in [-0.2, -0.15) is 0 Å². The lowest BCUT2D eigenvalue weighted by Crippen LogP contribution is -2.53. The molecule has 0 unspecified atom stereocenters. The lowest BCUT2D eigenvalue weighted by Gasteiger charge is -2.56. The van der Waals surface area contributed by atoms with E-state index < -0.39 is 5.60 Å². The lowest BCUT2D eigenvalue weighted by molar-refractivity contribution is -0.116. The van der Waals surface area contributed by atoms with Gasteiger partial charge in [-0.05, 0) is 74.3 Å². The molecule has 130 valence electrons. The molecule has 2 nitrogen and oxygen atoms in total. The minimum absolute atomic E-state index is 0.106. The van der Waals surface area contributed by atoms with E-state index >= 15 is 0 Å². The second-order valence-electron chi connectivity index (χ2n) is 8.25. The van der Waals surface area contributed by atoms with Crippen molar-refractivity contribution in [2.75, 3.05) is 0 Å². The van der Waals surface area contributed by atoms with Crippen molar-refractivity contribution < 1.29 is 9.90 Å². The highest BCUT2D eigenvalue weighted by Gasteiger charge is 2.60. The van der Waals surface area contributed by atoms with Gasteiger partial charge in [-0.25, -0.2) is 0 Å². The summed E-state index contributed by atoms with van der Waals surface area (Å²) in [5.74, 6) is 2.65. The molecule has 0 aromatic heterocycles. The monoisotopic (exact) mass is 346 g/mol. The molecule has 0 saturated heterocycles. The van der Waals surface area contributed by atoms with E-state index in [0.717, 1.165) is 44.9 Å². The Morgan fingerprint density at radius 2 is 2.12 bits per heavy atom. The molecule has 0 aliphatic heterocycles. The summed E-state index contributed by atoms with van der Waals surface area (Å²) in [6.45, 7) is 2.21. The Bertz CT molecular complexity index is 634. The number of carbonyl (C=O) groups is 1. The second-order valence-corrected chi connectivity index (χ2v) is 8.50. The summed E-state index contributed by atoms with van der Waals surface area (Å²) in [5, 5.41) is 11.3. The maximum atomic E-state index is 11.8. The van der Waals surface area contributed by atoms with Gasteiger partial charge in [0.25, 0.3) is 0 Å². The van der Waals surface area contributed by atoms with E-state index in [-0.39, 0.29) is 5.41 Å². The predicted molar refractivity (Wildman–Crippen MR) is 96.6 cm³/mol. The van der Waals surface area contributed by atoms with E-state index in [1.54, 1.807) is 6.08 Å². The van der Waals surface area contributed by atoms with Crippen LogP contribution in [0.25, 0.3) is 0 Å². The highest BCUT2D eigenvalue weighted by Crippen LogP contribution is 2.64. The largest absolute Gasteiger partial charge is 0.381 e. The van der Waals surface area contributed by atoms with E-state index in [0.29, 0.717) is 29.5 Å². The molecule has 0 bridgehead atoms. The van der Waals surface area contributed by atoms with Crippen LogP contribution < -0.4 is 0 Å². The Kier molecular flexibility index (Phi) is 4.04. The molecule has 4 rings (SSSR count). The van der Waals surface area contributed by atoms with Crippen molar-refractivity contribution in [3.63, 3.8) is 0 Å². The summed E-state index contributed by atoms with van der Waals surface area (Å²) < 4.78 is 0. The lowest BCUT2D eigenvalue weighted by atomic mass is 9.49. The summed E-state index contributed by atoms with van der Waals surface area (Å²) in [6.07, 6.45) is 15.1. The fourth-order valence-electron chi connectivity index (χ4n) is 6.55. The third-order valence-corrected chi connectivity index (χ3v) is 7.81. The maximum Gasteiger partial charge on any atom is 0.155 e. The SMILES string of the molecule is CC[C@]12CC[C@H]3[C@@H](CCC4=CC(=O)CC[C@@H]43)[C@@H]1C=C[C@@]2(O)/C=C\Cl. The molecule has 6 atom stereocenters. The number of allylic oxidation sites excluding steroid dienone is 3. The maximum absolute atomic E-state index is 11.8. The summed E-state index contributed by atoms with van der Waals surface area (Å²) in [7, 11) is 0. The number of halogens is 1. The minimum Gasteiger partial charge on any atom is -0.381 e. The first kappa shape index (κ1) is 16.6. The first-order chi connectivity index (χ1) is 11.5. The number of fused-ring (bicyclic) bond motifs is 5. The van der Waals surface area contributed by atoms with Crippen LogP contribution in [-0.2, 0) is 4.79 Å². The molecule has 0 aromatic carbocycles. The molecule has 4 aliphatic rings. The first-order valence-electron chi connectivity index (χ1n) is 9.47. The second kappa shape index (κ2) is 5.85. The fourth-order valence-corrected chi connectivity index (χ4v) is 6.74. The van der Waals surface area contributed by atoms with E-state index in [1.165, 1.54) is 11.1 Å². The molecule has 0 heterocycles. The first-order valence-corrected chi connectivity index (χ1v) is 9.91. The van der Waals surface area contributed by atoms with Crippen LogP contribution in [0.5, 0.6) is 0 Å². The number of ketones is 1. The van der Waals surface area contributed by atoms with E-state index in [9.17, 15) is 9.90 Å². The smallest absolute Gasteiger partial charge is 0.155 e. The van der Waals surface area contributed by atoms with Crippen molar-refractivity contribution in [2.24, 2.45) is 29.1 Å². The van der Waals surface area contributed by atoms with Crippen molar-refractivity contribution in [1.82, 2.24) is 0 Å². The Morgan fingerprint density at radius 1 is 1.29 bits per heavy atom. The molecule has 24 heavy (non-hydrogen) atoms. The zero-order valence-corrected chi connectivity index (χ0v) is 15.1. The molecular formula is C21H27ClO2. The van der Waals surface area contributed by atoms with Gasteiger partial charge in [0.15, 0.2) is 5.78 Å². The number of rotatable bonds is 2. The zero-order valence-electron chi connectivity index (χ0n) is 14.4. The molecule has 0 radical (unpaired) electrons. The number of hydrogen-bond acceptors (Lipinski definition) is 2. The quantitative estimate of drug-likeness (QED) is 0.731. The van der Waals surface area contributed by atoms with Crippen LogP contribution in [0.4, 0.5) is 0 Å². The van der Waals surface area contributed by atoms with Gasteiger partial charge < -0.3 is 5.11 Å². The third-order valence-electron chi connectivity index (χ3n) is 7.68. The molecule has 2 saturated carbocycles. The summed E-state index contributed by atoms with van der Waals surface area (Å²) in [5.41, 5.74) is 1.88. The van der Waals surface area contributed by atoms with Crippen LogP contribution in [-0.4, -0.2) is 16.5 Å². The Balaban J connectivity index is 1.68. The molecular weight excluding hydrogens is 320 g/mol. The molecule has 4 aliphatic carbocycles. The summed E-state index contributed by atoms with van der Waals surface area (Å²) in [6, 6.07) is 0. The topological polar surface area (TPSA) is 37.3 Å². The zero-order chi connectivity index (χ0) is 16.9. The molecule has 3 heteroatoms. The van der Waals surface area contributed by atoms with Crippen LogP contribution >= 0.6 is 11.6 Å². The van der Waals surface area contributed by atoms with Crippen LogP contribution in [0.2, 0.25) is 0 Å². The van der Waals surface area contributed by atoms with E-state index in [2.05, 4.69) is 13.0 Å². The van der Waals surface area contributed by atoms with Gasteiger partial charge in [-0.1, -0.05) is 36.2 Å². The van der Waals surface area contributed by atoms with E-state index in [1.807, 2.05) is 12.2 Å². The highest BCUT2D eigenvalue weighted by atomic mass is 35.5. The molecule has 0 aromatic rings. The van der Waals surface area contributed by atoms with Crippen LogP contribution in [0.3, 0.4) is 0 Å². The standard InChI is InChI=1S/C21H27ClO2/c1-2-20-9-7-17-16-6-4-15(23)13-14(16)3-5-18(17)19(20)8-10-21(20,24)11-12-22/h8,10-13,16-19,24H,2-7,9H2,1H3/b12-11-/t16-,17+,18+,19-,20-,21+/m0/s1. The van der Waals surface area contributed by atoms with Gasteiger partial charge in [-0.15, -0.1) is 0 Å². The Labute approximate surface area is 149 Å². The summed E-state index contributed by atoms with van der Waals surface area (Å²) in [4.78, 5) is 11.8. The number of hydrogen-bond donors (Lipinski definition) is 1. The van der Waals surface area contributed by atoms with Crippen molar-refractivity contribution in [1.29, 1.82) is 0 Å². The molecule has 0 spiro atoms. The van der Waals surface area contributed by atoms with Gasteiger partial charge in [0.2, 0.25) is 0 Å². The van der Waals surface area contributed by atoms with Gasteiger partial charge in [0.1, 0.15) is 5.60 Å². The van der Waals surface area contributed by atoms with Gasteiger partial charge in [-0.3, -0.25) is 4.79 Å². The average Bonchev–Trinajstić information content (AvgIpc) is 2.88. The highest BCUT2D eigenvalue weighted by molar-refractivity contribution is 6.25. The average molecular weight is 347 g/mol. The molecule has 1 N–H and O–H groups in total. The van der Waals surface area contributed by atoms with Crippen molar-refractivity contribution in [2.45, 2.75) is 57.5 Å². The van der Waals surface area contributed by atoms with Crippen LogP contribution in [0, 0.1) is 29.1 Å². The summed E-state index contributed by atoms with van der Waals surface area (Å²) >= 11 is 5.85. The van der Waals surface area contributed by atoms with Crippen molar-refractivity contribution >= 4 is 17.4 Å². The normalized spacial score (nSPS) is 47.3. The fraction of sp³-hybridized carbons (Fsp3) is 0.667. The minimum atomic E-state index is -0.905. The van der Waals surface area contributed by atoms with Crippen molar-refractivity contribution in [3.8, 4) is 0 Å². The Morgan fingerprint density at radius 3 is 2.88 bits per heavy atom. The predicted octanol–water partition coefficient (Wildman–Crippen LogP) is 4.78. The van der Waals surface area contributed by atoms with Gasteiger partial charge in [0, 0.05) is 17.4 Å². The number of aliphatic hydroxyl groups is 1. The third kappa shape index (κ3) is 2.15. The Hall–Kier alpha value is -0.860. The number of carbonyl (C=O) groups excluding carboxylic acids is 1. The molecule has 2 fully saturated rings. The van der Waals surface area contributed by atoms with Crippen molar-refractivity contribution in [3.05, 3.63) is 35.4 Å².